The number of nitrogens with zero attached hydrogens (tertiary/aromatic N) is 1. The highest BCUT2D eigenvalue weighted by atomic mass is 32.2. The number of hydrogen-bond donors (Lipinski definition) is 1. The maximum atomic E-state index is 10.1. The minimum atomic E-state index is -0.908. The monoisotopic (exact) mass is 175 g/mol. The Labute approximate surface area is 66.1 Å². The first-order valence-electron chi connectivity index (χ1n) is 2.51. The average molecular weight is 175 g/mol. The molecule has 54 valence electrons. The minimum Gasteiger partial charge on any atom is -0.473 e. The predicted octanol–water partition coefficient (Wildman–Crippen LogP) is 2.22. The topological polar surface area (TPSA) is 50.2 Å². The van der Waals surface area contributed by atoms with Crippen LogP contribution in [-0.2, 0) is 0 Å². The highest BCUT2D eigenvalue weighted by Gasteiger charge is 2.03. The van der Waals surface area contributed by atoms with E-state index in [4.69, 9.17) is 5.11 Å². The van der Waals surface area contributed by atoms with E-state index in [0.29, 0.717) is 4.34 Å². The SMILES string of the molecule is Cc1cnc(SC(=O)O)s1. The minimum absolute atomic E-state index is 0.588. The van der Waals surface area contributed by atoms with Gasteiger partial charge in [-0.3, -0.25) is 0 Å². The number of rotatable bonds is 1. The molecule has 0 bridgehead atoms. The number of thiazole rings is 1. The zero-order valence-corrected chi connectivity index (χ0v) is 6.83. The Morgan fingerprint density at radius 2 is 2.60 bits per heavy atom. The molecule has 0 aliphatic carbocycles. The molecule has 1 aromatic rings. The molecular formula is C5H5NO2S2. The van der Waals surface area contributed by atoms with Gasteiger partial charge >= 0.3 is 5.30 Å². The second kappa shape index (κ2) is 3.03. The van der Waals surface area contributed by atoms with Gasteiger partial charge in [0.05, 0.1) is 0 Å². The maximum Gasteiger partial charge on any atom is 0.372 e. The fraction of sp³-hybridized carbons (Fsp3) is 0.200. The molecule has 0 aliphatic heterocycles. The summed E-state index contributed by atoms with van der Waals surface area (Å²) in [5.41, 5.74) is 0. The molecule has 0 saturated heterocycles. The van der Waals surface area contributed by atoms with Crippen LogP contribution in [-0.4, -0.2) is 15.4 Å². The number of thioether (sulfide) groups is 1. The van der Waals surface area contributed by atoms with Crippen molar-refractivity contribution in [2.45, 2.75) is 11.3 Å². The second-order valence-corrected chi connectivity index (χ2v) is 4.04. The summed E-state index contributed by atoms with van der Waals surface area (Å²) in [6.07, 6.45) is 1.66. The lowest BCUT2D eigenvalue weighted by Crippen LogP contribution is -1.80. The molecule has 10 heavy (non-hydrogen) atoms. The van der Waals surface area contributed by atoms with Crippen LogP contribution in [0.2, 0.25) is 0 Å². The van der Waals surface area contributed by atoms with Gasteiger partial charge in [0.25, 0.3) is 0 Å². The van der Waals surface area contributed by atoms with Crippen molar-refractivity contribution in [1.82, 2.24) is 4.98 Å². The van der Waals surface area contributed by atoms with Crippen molar-refractivity contribution >= 4 is 28.4 Å². The van der Waals surface area contributed by atoms with E-state index in [1.807, 2.05) is 6.92 Å². The predicted molar refractivity (Wildman–Crippen MR) is 40.7 cm³/mol. The summed E-state index contributed by atoms with van der Waals surface area (Å²) in [5.74, 6) is 0. The fourth-order valence-corrected chi connectivity index (χ4v) is 1.97. The fourth-order valence-electron chi connectivity index (χ4n) is 0.456. The third-order valence-corrected chi connectivity index (χ3v) is 2.44. The van der Waals surface area contributed by atoms with Gasteiger partial charge in [-0.25, -0.2) is 9.78 Å². The van der Waals surface area contributed by atoms with Crippen LogP contribution in [0.25, 0.3) is 0 Å². The van der Waals surface area contributed by atoms with Gasteiger partial charge in [-0.1, -0.05) is 0 Å². The van der Waals surface area contributed by atoms with Gasteiger partial charge in [-0.15, -0.1) is 11.3 Å². The first-order chi connectivity index (χ1) is 4.68. The summed E-state index contributed by atoms with van der Waals surface area (Å²) in [5, 5.41) is 7.40. The molecule has 1 N–H and O–H groups in total. The van der Waals surface area contributed by atoms with Gasteiger partial charge in [0.2, 0.25) is 0 Å². The molecule has 1 heterocycles. The van der Waals surface area contributed by atoms with Gasteiger partial charge in [-0.05, 0) is 6.92 Å². The van der Waals surface area contributed by atoms with E-state index in [1.54, 1.807) is 6.20 Å². The van der Waals surface area contributed by atoms with Crippen LogP contribution in [0.3, 0.4) is 0 Å². The third-order valence-electron chi connectivity index (χ3n) is 0.775. The number of aryl methyl sites for hydroxylation is 1. The molecule has 0 unspecified atom stereocenters. The molecule has 0 fully saturated rings. The molecular weight excluding hydrogens is 170 g/mol. The van der Waals surface area contributed by atoms with E-state index in [0.717, 1.165) is 16.6 Å². The largest absolute Gasteiger partial charge is 0.473 e. The van der Waals surface area contributed by atoms with Crippen LogP contribution in [0.1, 0.15) is 4.88 Å². The highest BCUT2D eigenvalue weighted by molar-refractivity contribution is 8.14. The summed E-state index contributed by atoms with van der Waals surface area (Å²) in [6, 6.07) is 0. The Morgan fingerprint density at radius 1 is 1.90 bits per heavy atom. The Balaban J connectivity index is 2.67. The normalized spacial score (nSPS) is 9.70. The van der Waals surface area contributed by atoms with E-state index in [1.165, 1.54) is 11.3 Å². The Bertz CT molecular complexity index is 246. The van der Waals surface area contributed by atoms with Crippen molar-refractivity contribution in [2.24, 2.45) is 0 Å². The number of aromatic nitrogens is 1. The number of hydrogen-bond acceptors (Lipinski definition) is 4. The summed E-state index contributed by atoms with van der Waals surface area (Å²) in [6.45, 7) is 1.89. The molecule has 1 rings (SSSR count). The first kappa shape index (κ1) is 7.56. The lowest BCUT2D eigenvalue weighted by atomic mass is 10.7. The van der Waals surface area contributed by atoms with Crippen LogP contribution >= 0.6 is 23.1 Å². The molecule has 0 radical (unpaired) electrons. The Morgan fingerprint density at radius 3 is 3.00 bits per heavy atom. The van der Waals surface area contributed by atoms with E-state index in [-0.39, 0.29) is 0 Å². The Kier molecular flexibility index (Phi) is 2.29. The van der Waals surface area contributed by atoms with E-state index < -0.39 is 5.30 Å². The van der Waals surface area contributed by atoms with Gasteiger partial charge in [0, 0.05) is 22.8 Å². The van der Waals surface area contributed by atoms with Crippen molar-refractivity contribution < 1.29 is 9.90 Å². The van der Waals surface area contributed by atoms with Gasteiger partial charge in [0.1, 0.15) is 0 Å². The summed E-state index contributed by atoms with van der Waals surface area (Å²) >= 11 is 2.13. The van der Waals surface area contributed by atoms with E-state index in [9.17, 15) is 4.79 Å². The van der Waals surface area contributed by atoms with Crippen LogP contribution in [0, 0.1) is 6.92 Å². The molecule has 3 nitrogen and oxygen atoms in total. The van der Waals surface area contributed by atoms with Crippen molar-refractivity contribution in [1.29, 1.82) is 0 Å². The van der Waals surface area contributed by atoms with Crippen LogP contribution < -0.4 is 0 Å². The molecule has 1 aromatic heterocycles. The maximum absolute atomic E-state index is 10.1. The van der Waals surface area contributed by atoms with Crippen molar-refractivity contribution in [2.75, 3.05) is 0 Å². The van der Waals surface area contributed by atoms with Crippen molar-refractivity contribution in [3.8, 4) is 0 Å². The second-order valence-electron chi connectivity index (χ2n) is 1.60. The molecule has 0 aliphatic rings. The molecule has 0 amide bonds. The van der Waals surface area contributed by atoms with Gasteiger partial charge in [-0.2, -0.15) is 0 Å². The first-order valence-corrected chi connectivity index (χ1v) is 4.15. The quantitative estimate of drug-likeness (QED) is 0.665. The van der Waals surface area contributed by atoms with Gasteiger partial charge < -0.3 is 5.11 Å². The molecule has 0 atom stereocenters. The third kappa shape index (κ3) is 2.00. The lowest BCUT2D eigenvalue weighted by Gasteiger charge is -1.83. The van der Waals surface area contributed by atoms with Crippen LogP contribution in [0.15, 0.2) is 10.5 Å². The number of carbonyl (C=O) groups is 1. The number of carboxylic acid groups (broad SMARTS) is 1. The van der Waals surface area contributed by atoms with E-state index in [2.05, 4.69) is 4.98 Å². The Hall–Kier alpha value is -0.550. The summed E-state index contributed by atoms with van der Waals surface area (Å²) in [7, 11) is 0. The smallest absolute Gasteiger partial charge is 0.372 e. The molecule has 5 heteroatoms. The summed E-state index contributed by atoms with van der Waals surface area (Å²) < 4.78 is 0.588. The van der Waals surface area contributed by atoms with Crippen molar-refractivity contribution in [3.63, 3.8) is 0 Å². The van der Waals surface area contributed by atoms with E-state index >= 15 is 0 Å². The molecule has 0 aromatic carbocycles. The summed E-state index contributed by atoms with van der Waals surface area (Å²) in [4.78, 5) is 15.0. The highest BCUT2D eigenvalue weighted by Crippen LogP contribution is 2.23. The zero-order chi connectivity index (χ0) is 7.56. The van der Waals surface area contributed by atoms with Crippen LogP contribution in [0.5, 0.6) is 0 Å². The zero-order valence-electron chi connectivity index (χ0n) is 5.20. The average Bonchev–Trinajstić information content (AvgIpc) is 2.13. The molecule has 0 saturated carbocycles. The van der Waals surface area contributed by atoms with Crippen LogP contribution in [0.4, 0.5) is 4.79 Å². The van der Waals surface area contributed by atoms with Crippen molar-refractivity contribution in [3.05, 3.63) is 11.1 Å². The standard InChI is InChI=1S/C5H5NO2S2/c1-3-2-6-4(9-3)10-5(7)8/h2H,1H3,(H,7,8). The molecule has 0 spiro atoms. The lowest BCUT2D eigenvalue weighted by molar-refractivity contribution is 0.222. The van der Waals surface area contributed by atoms with Gasteiger partial charge in [0.15, 0.2) is 4.34 Å².